The van der Waals surface area contributed by atoms with Crippen LogP contribution in [0, 0.1) is 0 Å². The molecule has 0 aromatic heterocycles. The molecule has 2 saturated heterocycles. The molecule has 0 saturated carbocycles. The van der Waals surface area contributed by atoms with Crippen molar-refractivity contribution in [1.29, 1.82) is 0 Å². The highest BCUT2D eigenvalue weighted by Gasteiger charge is 2.29. The van der Waals surface area contributed by atoms with Crippen molar-refractivity contribution in [2.75, 3.05) is 39.4 Å². The molecule has 2 N–H and O–H groups in total. The number of ether oxygens (including phenoxy) is 1. The number of nitrogens with two attached hydrogens (primary N) is 1. The van der Waals surface area contributed by atoms with Crippen LogP contribution < -0.4 is 5.73 Å². The second-order valence-corrected chi connectivity index (χ2v) is 4.76. The van der Waals surface area contributed by atoms with Gasteiger partial charge in [0, 0.05) is 44.7 Å². The van der Waals surface area contributed by atoms with Crippen molar-refractivity contribution < 1.29 is 9.53 Å². The Balaban J connectivity index is 1.81. The predicted molar refractivity (Wildman–Crippen MR) is 61.0 cm³/mol. The lowest BCUT2D eigenvalue weighted by Gasteiger charge is -2.34. The van der Waals surface area contributed by atoms with Gasteiger partial charge in [-0.15, -0.1) is 0 Å². The quantitative estimate of drug-likeness (QED) is 0.690. The molecule has 92 valence electrons. The Kier molecular flexibility index (Phi) is 3.78. The van der Waals surface area contributed by atoms with Crippen LogP contribution >= 0.6 is 0 Å². The lowest BCUT2D eigenvalue weighted by Crippen LogP contribution is -2.47. The fraction of sp³-hybridized carbons (Fsp3) is 0.909. The first-order valence-electron chi connectivity index (χ1n) is 6.02. The SMILES string of the molecule is CC(CN1CC(N)CC1=O)N1CCOCC1. The molecular weight excluding hydrogens is 206 g/mol. The van der Waals surface area contributed by atoms with E-state index < -0.39 is 0 Å². The van der Waals surface area contributed by atoms with Crippen LogP contribution in [-0.2, 0) is 9.53 Å². The number of amides is 1. The van der Waals surface area contributed by atoms with Crippen LogP contribution in [0.2, 0.25) is 0 Å². The zero-order chi connectivity index (χ0) is 11.5. The van der Waals surface area contributed by atoms with E-state index in [4.69, 9.17) is 10.5 Å². The lowest BCUT2D eigenvalue weighted by atomic mass is 10.2. The van der Waals surface area contributed by atoms with E-state index in [1.165, 1.54) is 0 Å². The van der Waals surface area contributed by atoms with Gasteiger partial charge in [0.15, 0.2) is 0 Å². The molecular formula is C11H21N3O2. The van der Waals surface area contributed by atoms with E-state index in [2.05, 4.69) is 11.8 Å². The minimum Gasteiger partial charge on any atom is -0.379 e. The molecule has 2 fully saturated rings. The second-order valence-electron chi connectivity index (χ2n) is 4.76. The molecule has 1 amide bonds. The first-order valence-corrected chi connectivity index (χ1v) is 6.02. The van der Waals surface area contributed by atoms with Gasteiger partial charge in [-0.1, -0.05) is 0 Å². The molecule has 0 aliphatic carbocycles. The van der Waals surface area contributed by atoms with Crippen molar-refractivity contribution in [3.05, 3.63) is 0 Å². The summed E-state index contributed by atoms with van der Waals surface area (Å²) < 4.78 is 5.32. The number of morpholine rings is 1. The highest BCUT2D eigenvalue weighted by Crippen LogP contribution is 2.12. The van der Waals surface area contributed by atoms with E-state index in [9.17, 15) is 4.79 Å². The minimum atomic E-state index is 0.0318. The molecule has 0 spiro atoms. The van der Waals surface area contributed by atoms with Crippen LogP contribution in [-0.4, -0.2) is 67.2 Å². The smallest absolute Gasteiger partial charge is 0.224 e. The third kappa shape index (κ3) is 2.72. The second kappa shape index (κ2) is 5.12. The maximum absolute atomic E-state index is 11.6. The summed E-state index contributed by atoms with van der Waals surface area (Å²) >= 11 is 0. The number of nitrogens with zero attached hydrogens (tertiary/aromatic N) is 2. The summed E-state index contributed by atoms with van der Waals surface area (Å²) in [6, 6.07) is 0.433. The number of hydrogen-bond donors (Lipinski definition) is 1. The lowest BCUT2D eigenvalue weighted by molar-refractivity contribution is -0.128. The van der Waals surface area contributed by atoms with Crippen molar-refractivity contribution in [2.24, 2.45) is 5.73 Å². The molecule has 2 unspecified atom stereocenters. The van der Waals surface area contributed by atoms with Crippen molar-refractivity contribution >= 4 is 5.91 Å². The van der Waals surface area contributed by atoms with Crippen LogP contribution in [0.25, 0.3) is 0 Å². The maximum Gasteiger partial charge on any atom is 0.224 e. The summed E-state index contributed by atoms with van der Waals surface area (Å²) in [6.45, 7) is 7.22. The number of carbonyl (C=O) groups excluding carboxylic acids is 1. The van der Waals surface area contributed by atoms with E-state index in [0.717, 1.165) is 32.8 Å². The van der Waals surface area contributed by atoms with Gasteiger partial charge in [0.05, 0.1) is 13.2 Å². The van der Waals surface area contributed by atoms with Crippen LogP contribution in [0.3, 0.4) is 0 Å². The van der Waals surface area contributed by atoms with Crippen LogP contribution in [0.1, 0.15) is 13.3 Å². The third-order valence-corrected chi connectivity index (χ3v) is 3.40. The normalized spacial score (nSPS) is 29.8. The molecule has 0 aromatic carbocycles. The summed E-state index contributed by atoms with van der Waals surface area (Å²) in [5.74, 6) is 0.201. The Morgan fingerprint density at radius 2 is 2.19 bits per heavy atom. The van der Waals surface area contributed by atoms with Crippen molar-refractivity contribution in [3.8, 4) is 0 Å². The molecule has 0 bridgehead atoms. The molecule has 2 aliphatic heterocycles. The molecule has 2 aliphatic rings. The zero-order valence-electron chi connectivity index (χ0n) is 9.89. The summed E-state index contributed by atoms with van der Waals surface area (Å²) in [5, 5.41) is 0. The van der Waals surface area contributed by atoms with E-state index >= 15 is 0 Å². The average molecular weight is 227 g/mol. The Morgan fingerprint density at radius 1 is 1.50 bits per heavy atom. The first-order chi connectivity index (χ1) is 7.66. The Hall–Kier alpha value is -0.650. The number of hydrogen-bond acceptors (Lipinski definition) is 4. The largest absolute Gasteiger partial charge is 0.379 e. The summed E-state index contributed by atoms with van der Waals surface area (Å²) in [6.07, 6.45) is 0.510. The first kappa shape index (κ1) is 11.8. The van der Waals surface area contributed by atoms with Gasteiger partial charge in [0.2, 0.25) is 5.91 Å². The van der Waals surface area contributed by atoms with Crippen molar-refractivity contribution in [1.82, 2.24) is 9.80 Å². The number of rotatable bonds is 3. The molecule has 0 radical (unpaired) electrons. The molecule has 2 rings (SSSR count). The van der Waals surface area contributed by atoms with Crippen LogP contribution in [0.4, 0.5) is 0 Å². The van der Waals surface area contributed by atoms with E-state index in [0.29, 0.717) is 19.0 Å². The topological polar surface area (TPSA) is 58.8 Å². The highest BCUT2D eigenvalue weighted by molar-refractivity contribution is 5.79. The van der Waals surface area contributed by atoms with Gasteiger partial charge >= 0.3 is 0 Å². The summed E-state index contributed by atoms with van der Waals surface area (Å²) in [5.41, 5.74) is 5.77. The van der Waals surface area contributed by atoms with Gasteiger partial charge in [-0.25, -0.2) is 0 Å². The summed E-state index contributed by atoms with van der Waals surface area (Å²) in [7, 11) is 0. The van der Waals surface area contributed by atoms with E-state index in [1.54, 1.807) is 0 Å². The molecule has 5 heteroatoms. The Morgan fingerprint density at radius 3 is 2.75 bits per heavy atom. The molecule has 2 atom stereocenters. The monoisotopic (exact) mass is 227 g/mol. The van der Waals surface area contributed by atoms with Gasteiger partial charge < -0.3 is 15.4 Å². The van der Waals surface area contributed by atoms with Gasteiger partial charge in [-0.2, -0.15) is 0 Å². The standard InChI is InChI=1S/C11H21N3O2/c1-9(13-2-4-16-5-3-13)7-14-8-10(12)6-11(14)15/h9-10H,2-8,12H2,1H3. The Labute approximate surface area is 96.5 Å². The fourth-order valence-electron chi connectivity index (χ4n) is 2.43. The average Bonchev–Trinajstić information content (AvgIpc) is 2.59. The maximum atomic E-state index is 11.6. The van der Waals surface area contributed by atoms with Gasteiger partial charge in [0.25, 0.3) is 0 Å². The Bertz CT molecular complexity index is 254. The molecule has 2 heterocycles. The van der Waals surface area contributed by atoms with Gasteiger partial charge in [0.1, 0.15) is 0 Å². The highest BCUT2D eigenvalue weighted by atomic mass is 16.5. The molecule has 5 nitrogen and oxygen atoms in total. The van der Waals surface area contributed by atoms with E-state index in [-0.39, 0.29) is 11.9 Å². The van der Waals surface area contributed by atoms with E-state index in [1.807, 2.05) is 4.90 Å². The predicted octanol–water partition coefficient (Wildman–Crippen LogP) is -0.733. The third-order valence-electron chi connectivity index (χ3n) is 3.40. The van der Waals surface area contributed by atoms with Crippen LogP contribution in [0.15, 0.2) is 0 Å². The molecule has 0 aromatic rings. The zero-order valence-corrected chi connectivity index (χ0v) is 9.89. The van der Waals surface area contributed by atoms with Crippen molar-refractivity contribution in [2.45, 2.75) is 25.4 Å². The number of carbonyl (C=O) groups is 1. The van der Waals surface area contributed by atoms with Crippen LogP contribution in [0.5, 0.6) is 0 Å². The molecule has 16 heavy (non-hydrogen) atoms. The summed E-state index contributed by atoms with van der Waals surface area (Å²) in [4.78, 5) is 15.9. The fourth-order valence-corrected chi connectivity index (χ4v) is 2.43. The minimum absolute atomic E-state index is 0.0318. The van der Waals surface area contributed by atoms with Crippen molar-refractivity contribution in [3.63, 3.8) is 0 Å². The van der Waals surface area contributed by atoms with Gasteiger partial charge in [-0.05, 0) is 6.92 Å². The number of likely N-dealkylation sites (tertiary alicyclic amines) is 1. The van der Waals surface area contributed by atoms with Gasteiger partial charge in [-0.3, -0.25) is 9.69 Å².